The summed E-state index contributed by atoms with van der Waals surface area (Å²) in [6.07, 6.45) is 2.54. The van der Waals surface area contributed by atoms with E-state index in [0.717, 1.165) is 11.1 Å². The minimum absolute atomic E-state index is 0.0891. The number of hydrogen-bond donors (Lipinski definition) is 1. The maximum absolute atomic E-state index is 12.1. The van der Waals surface area contributed by atoms with Gasteiger partial charge in [0, 0.05) is 17.0 Å². The van der Waals surface area contributed by atoms with Crippen molar-refractivity contribution >= 4 is 39.1 Å². The second-order valence-electron chi connectivity index (χ2n) is 4.68. The second kappa shape index (κ2) is 6.84. The van der Waals surface area contributed by atoms with E-state index in [1.54, 1.807) is 5.38 Å². The number of thiazole rings is 1. The van der Waals surface area contributed by atoms with Crippen LogP contribution in [0, 0.1) is 6.92 Å². The van der Waals surface area contributed by atoms with E-state index in [9.17, 15) is 18.0 Å². The monoisotopic (exact) mass is 350 g/mol. The predicted octanol–water partition coefficient (Wildman–Crippen LogP) is 2.17. The normalized spacial score (nSPS) is 11.6. The molecule has 6 nitrogen and oxygen atoms in total. The first-order valence-electron chi connectivity index (χ1n) is 6.56. The topological polar surface area (TPSA) is 93.2 Å². The summed E-state index contributed by atoms with van der Waals surface area (Å²) in [4.78, 5) is 26.9. The third kappa shape index (κ3) is 4.57. The van der Waals surface area contributed by atoms with Crippen LogP contribution in [0.25, 0.3) is 6.08 Å². The summed E-state index contributed by atoms with van der Waals surface area (Å²) in [6.45, 7) is 3.22. The summed E-state index contributed by atoms with van der Waals surface area (Å²) in [5, 5.41) is 2.61. The first kappa shape index (κ1) is 17.0. The Morgan fingerprint density at radius 2 is 1.87 bits per heavy atom. The zero-order valence-corrected chi connectivity index (χ0v) is 14.1. The van der Waals surface area contributed by atoms with Crippen LogP contribution in [-0.4, -0.2) is 25.1 Å². The lowest BCUT2D eigenvalue weighted by atomic mass is 10.2. The van der Waals surface area contributed by atoms with Crippen LogP contribution in [0.1, 0.15) is 28.0 Å². The molecular formula is C15H14N2O4S2. The highest BCUT2D eigenvalue weighted by molar-refractivity contribution is 7.90. The number of aromatic nitrogens is 1. The van der Waals surface area contributed by atoms with Gasteiger partial charge in [-0.2, -0.15) is 0 Å². The lowest BCUT2D eigenvalue weighted by Crippen LogP contribution is -2.29. The van der Waals surface area contributed by atoms with Crippen LogP contribution in [0.2, 0.25) is 0 Å². The van der Waals surface area contributed by atoms with Gasteiger partial charge in [0.25, 0.3) is 15.9 Å². The smallest absolute Gasteiger partial charge is 0.264 e. The Labute approximate surface area is 137 Å². The first-order valence-corrected chi connectivity index (χ1v) is 8.92. The number of aryl methyl sites for hydroxylation is 1. The van der Waals surface area contributed by atoms with E-state index in [0.29, 0.717) is 11.3 Å². The lowest BCUT2D eigenvalue weighted by Gasteiger charge is -2.05. The van der Waals surface area contributed by atoms with E-state index in [4.69, 9.17) is 0 Å². The molecule has 0 bridgehead atoms. The molecule has 0 aliphatic heterocycles. The van der Waals surface area contributed by atoms with Gasteiger partial charge >= 0.3 is 0 Å². The van der Waals surface area contributed by atoms with Crippen molar-refractivity contribution in [2.75, 3.05) is 0 Å². The van der Waals surface area contributed by atoms with Crippen molar-refractivity contribution in [2.24, 2.45) is 0 Å². The molecule has 0 unspecified atom stereocenters. The number of rotatable bonds is 5. The average Bonchev–Trinajstić information content (AvgIpc) is 2.90. The standard InChI is InChI=1S/C15H14N2O4S2/c1-10(18)12-3-6-14(7-4-12)23(20,21)17-15(19)8-5-13-9-22-11(2)16-13/h3-9H,1-2H3,(H,17,19)/b8-5+. The summed E-state index contributed by atoms with van der Waals surface area (Å²) in [7, 11) is -3.98. The maximum Gasteiger partial charge on any atom is 0.264 e. The van der Waals surface area contributed by atoms with E-state index < -0.39 is 15.9 Å². The molecule has 0 atom stereocenters. The highest BCUT2D eigenvalue weighted by Gasteiger charge is 2.16. The van der Waals surface area contributed by atoms with E-state index in [1.807, 2.05) is 11.6 Å². The Morgan fingerprint density at radius 1 is 1.22 bits per heavy atom. The molecule has 8 heteroatoms. The van der Waals surface area contributed by atoms with Gasteiger partial charge < -0.3 is 0 Å². The number of nitrogens with zero attached hydrogens (tertiary/aromatic N) is 1. The number of sulfonamides is 1. The number of carbonyl (C=O) groups excluding carboxylic acids is 2. The van der Waals surface area contributed by atoms with Gasteiger partial charge in [0.15, 0.2) is 5.78 Å². The van der Waals surface area contributed by atoms with Gasteiger partial charge in [-0.25, -0.2) is 18.1 Å². The van der Waals surface area contributed by atoms with Gasteiger partial charge in [-0.3, -0.25) is 9.59 Å². The fraction of sp³-hybridized carbons (Fsp3) is 0.133. The molecule has 1 amide bonds. The molecule has 0 fully saturated rings. The van der Waals surface area contributed by atoms with Gasteiger partial charge in [0.05, 0.1) is 15.6 Å². The Bertz CT molecular complexity index is 865. The fourth-order valence-corrected chi connectivity index (χ4v) is 3.24. The molecular weight excluding hydrogens is 336 g/mol. The highest BCUT2D eigenvalue weighted by atomic mass is 32.2. The third-order valence-electron chi connectivity index (χ3n) is 2.85. The number of ketones is 1. The van der Waals surface area contributed by atoms with Crippen molar-refractivity contribution in [2.45, 2.75) is 18.7 Å². The van der Waals surface area contributed by atoms with Crippen LogP contribution in [0.15, 0.2) is 40.6 Å². The van der Waals surface area contributed by atoms with E-state index in [-0.39, 0.29) is 10.7 Å². The van der Waals surface area contributed by atoms with Gasteiger partial charge in [-0.15, -0.1) is 11.3 Å². The van der Waals surface area contributed by atoms with E-state index in [1.165, 1.54) is 48.6 Å². The Morgan fingerprint density at radius 3 is 2.39 bits per heavy atom. The summed E-state index contributed by atoms with van der Waals surface area (Å²) in [5.74, 6) is -0.939. The number of nitrogens with one attached hydrogen (secondary N) is 1. The molecule has 120 valence electrons. The molecule has 1 aromatic carbocycles. The predicted molar refractivity (Wildman–Crippen MR) is 87.7 cm³/mol. The van der Waals surface area contributed by atoms with Crippen LogP contribution in [0.4, 0.5) is 0 Å². The minimum atomic E-state index is -3.98. The molecule has 0 aliphatic carbocycles. The SMILES string of the molecule is CC(=O)c1ccc(S(=O)(=O)NC(=O)/C=C/c2csc(C)n2)cc1. The molecule has 1 N–H and O–H groups in total. The fourth-order valence-electron chi connectivity index (χ4n) is 1.71. The maximum atomic E-state index is 12.1. The molecule has 1 aromatic heterocycles. The van der Waals surface area contributed by atoms with Crippen molar-refractivity contribution < 1.29 is 18.0 Å². The van der Waals surface area contributed by atoms with E-state index >= 15 is 0 Å². The van der Waals surface area contributed by atoms with Crippen molar-refractivity contribution in [1.29, 1.82) is 0 Å². The van der Waals surface area contributed by atoms with Crippen molar-refractivity contribution in [3.63, 3.8) is 0 Å². The largest absolute Gasteiger partial charge is 0.295 e. The van der Waals surface area contributed by atoms with Crippen molar-refractivity contribution in [3.8, 4) is 0 Å². The number of amides is 1. The summed E-state index contributed by atoms with van der Waals surface area (Å²) >= 11 is 1.43. The van der Waals surface area contributed by atoms with Crippen LogP contribution < -0.4 is 4.72 Å². The summed E-state index contributed by atoms with van der Waals surface area (Å²) < 4.78 is 26.1. The number of Topliss-reactive ketones (excluding diaryl/α,β-unsaturated/α-hetero) is 1. The molecule has 0 radical (unpaired) electrons. The Balaban J connectivity index is 2.09. The van der Waals surface area contributed by atoms with Crippen LogP contribution in [0.3, 0.4) is 0 Å². The van der Waals surface area contributed by atoms with Gasteiger partial charge in [0.2, 0.25) is 0 Å². The van der Waals surface area contributed by atoms with Crippen LogP contribution in [-0.2, 0) is 14.8 Å². The lowest BCUT2D eigenvalue weighted by molar-refractivity contribution is -0.114. The molecule has 2 aromatic rings. The second-order valence-corrected chi connectivity index (χ2v) is 7.42. The zero-order valence-electron chi connectivity index (χ0n) is 12.4. The van der Waals surface area contributed by atoms with Gasteiger partial charge in [-0.1, -0.05) is 12.1 Å². The Kier molecular flexibility index (Phi) is 5.07. The molecule has 1 heterocycles. The van der Waals surface area contributed by atoms with Gasteiger partial charge in [-0.05, 0) is 32.1 Å². The van der Waals surface area contributed by atoms with Crippen molar-refractivity contribution in [3.05, 3.63) is 52.0 Å². The Hall–Kier alpha value is -2.32. The quantitative estimate of drug-likeness (QED) is 0.659. The summed E-state index contributed by atoms with van der Waals surface area (Å²) in [6, 6.07) is 5.35. The first-order chi connectivity index (χ1) is 10.8. The van der Waals surface area contributed by atoms with Crippen LogP contribution >= 0.6 is 11.3 Å². The molecule has 2 rings (SSSR count). The molecule has 0 spiro atoms. The number of carbonyl (C=O) groups is 2. The molecule has 23 heavy (non-hydrogen) atoms. The molecule has 0 saturated carbocycles. The average molecular weight is 350 g/mol. The van der Waals surface area contributed by atoms with Gasteiger partial charge in [0.1, 0.15) is 0 Å². The van der Waals surface area contributed by atoms with E-state index in [2.05, 4.69) is 4.98 Å². The minimum Gasteiger partial charge on any atom is -0.295 e. The van der Waals surface area contributed by atoms with Crippen LogP contribution in [0.5, 0.6) is 0 Å². The highest BCUT2D eigenvalue weighted by Crippen LogP contribution is 2.12. The zero-order chi connectivity index (χ0) is 17.0. The third-order valence-corrected chi connectivity index (χ3v) is 5.00. The summed E-state index contributed by atoms with van der Waals surface area (Å²) in [5.41, 5.74) is 0.986. The number of benzene rings is 1. The van der Waals surface area contributed by atoms with Crippen molar-refractivity contribution in [1.82, 2.24) is 9.71 Å². The molecule has 0 saturated heterocycles. The molecule has 0 aliphatic rings. The number of hydrogen-bond acceptors (Lipinski definition) is 6.